The molecule has 9 nitrogen and oxygen atoms in total. The molecule has 1 aromatic rings. The van der Waals surface area contributed by atoms with Gasteiger partial charge in [0.25, 0.3) is 0 Å². The van der Waals surface area contributed by atoms with Crippen molar-refractivity contribution in [3.8, 4) is 0 Å². The number of ether oxygens (including phenoxy) is 2. The second-order valence-electron chi connectivity index (χ2n) is 4.73. The topological polar surface area (TPSA) is 143 Å². The van der Waals surface area contributed by atoms with Crippen LogP contribution in [0.5, 0.6) is 0 Å². The minimum atomic E-state index is -1.85. The number of hydrogen-bond donors (Lipinski definition) is 3. The van der Waals surface area contributed by atoms with Crippen molar-refractivity contribution >= 4 is 11.8 Å². The van der Waals surface area contributed by atoms with E-state index in [1.807, 2.05) is 0 Å². The Bertz CT molecular complexity index is 595. The first-order chi connectivity index (χ1) is 10.5. The van der Waals surface area contributed by atoms with Gasteiger partial charge in [-0.3, -0.25) is 9.36 Å². The number of hydrogen-bond acceptors (Lipinski definition) is 8. The van der Waals surface area contributed by atoms with Gasteiger partial charge in [0.1, 0.15) is 11.9 Å². The summed E-state index contributed by atoms with van der Waals surface area (Å²) in [5, 5.41) is 9.24. The summed E-state index contributed by atoms with van der Waals surface area (Å²) in [7, 11) is 0. The number of nitrogen functional groups attached to an aromatic ring is 1. The van der Waals surface area contributed by atoms with Gasteiger partial charge in [0.2, 0.25) is 0 Å². The lowest BCUT2D eigenvalue weighted by Gasteiger charge is -2.18. The molecule has 5 N–H and O–H groups in total. The van der Waals surface area contributed by atoms with Crippen molar-refractivity contribution in [3.05, 3.63) is 22.7 Å². The third kappa shape index (κ3) is 3.24. The number of nitrogens with two attached hydrogens (primary N) is 2. The monoisotopic (exact) mass is 316 g/mol. The van der Waals surface area contributed by atoms with Gasteiger partial charge in [0, 0.05) is 12.7 Å². The quantitative estimate of drug-likeness (QED) is 0.546. The van der Waals surface area contributed by atoms with Gasteiger partial charge < -0.3 is 26.0 Å². The summed E-state index contributed by atoms with van der Waals surface area (Å²) < 4.78 is 25.6. The maximum atomic E-state index is 14.5. The van der Waals surface area contributed by atoms with Gasteiger partial charge in [0.15, 0.2) is 18.5 Å². The summed E-state index contributed by atoms with van der Waals surface area (Å²) in [6.07, 6.45) is -4.50. The molecule has 4 atom stereocenters. The van der Waals surface area contributed by atoms with Crippen LogP contribution in [-0.2, 0) is 14.3 Å². The second-order valence-corrected chi connectivity index (χ2v) is 4.73. The number of aliphatic hydroxyl groups excluding tert-OH is 1. The Labute approximate surface area is 124 Å². The van der Waals surface area contributed by atoms with Crippen LogP contribution < -0.4 is 17.2 Å². The smallest absolute Gasteiger partial charge is 0.351 e. The van der Waals surface area contributed by atoms with Crippen LogP contribution >= 0.6 is 0 Å². The van der Waals surface area contributed by atoms with Crippen molar-refractivity contribution in [1.29, 1.82) is 0 Å². The van der Waals surface area contributed by atoms with E-state index in [9.17, 15) is 19.1 Å². The van der Waals surface area contributed by atoms with E-state index in [1.165, 1.54) is 12.3 Å². The van der Waals surface area contributed by atoms with Gasteiger partial charge in [-0.2, -0.15) is 4.98 Å². The van der Waals surface area contributed by atoms with Crippen LogP contribution in [0.15, 0.2) is 17.1 Å². The molecule has 1 aliphatic rings. The van der Waals surface area contributed by atoms with Gasteiger partial charge >= 0.3 is 11.7 Å². The number of carbonyl (C=O) groups is 1. The number of halogens is 1. The van der Waals surface area contributed by atoms with Crippen molar-refractivity contribution in [2.75, 3.05) is 18.9 Å². The normalized spacial score (nSPS) is 27.8. The summed E-state index contributed by atoms with van der Waals surface area (Å²) >= 11 is 0. The molecular weight excluding hydrogens is 299 g/mol. The molecule has 0 bridgehead atoms. The lowest BCUT2D eigenvalue weighted by molar-refractivity contribution is -0.154. The summed E-state index contributed by atoms with van der Waals surface area (Å²) in [4.78, 5) is 26.7. The van der Waals surface area contributed by atoms with Gasteiger partial charge in [0.05, 0.1) is 13.0 Å². The maximum absolute atomic E-state index is 14.5. The average Bonchev–Trinajstić information content (AvgIpc) is 2.76. The Morgan fingerprint density at radius 2 is 2.32 bits per heavy atom. The molecule has 0 aromatic carbocycles. The van der Waals surface area contributed by atoms with Crippen LogP contribution in [0.2, 0.25) is 0 Å². The van der Waals surface area contributed by atoms with Gasteiger partial charge in [-0.1, -0.05) is 0 Å². The standard InChI is InChI=1S/C12H17FN4O5/c13-9-10(22-8(19)1-3-14)6(5-18)21-11(9)17-4-2-7(15)16-12(17)20/h2,4,6,9-11,18H,1,3,5,14H2,(H2,15,16,20)/t6-,9?,10?,11-/m1/s1. The Balaban J connectivity index is 2.21. The average molecular weight is 316 g/mol. The molecule has 1 aromatic heterocycles. The van der Waals surface area contributed by atoms with E-state index in [0.29, 0.717) is 0 Å². The molecule has 122 valence electrons. The molecule has 0 radical (unpaired) electrons. The second kappa shape index (κ2) is 6.81. The van der Waals surface area contributed by atoms with E-state index in [4.69, 9.17) is 20.9 Å². The van der Waals surface area contributed by atoms with Crippen LogP contribution in [0, 0.1) is 0 Å². The number of carbonyl (C=O) groups excluding carboxylic acids is 1. The molecule has 0 spiro atoms. The van der Waals surface area contributed by atoms with Crippen LogP contribution in [-0.4, -0.2) is 52.2 Å². The molecule has 0 saturated carbocycles. The van der Waals surface area contributed by atoms with E-state index >= 15 is 0 Å². The van der Waals surface area contributed by atoms with Crippen LogP contribution in [0.1, 0.15) is 12.6 Å². The van der Waals surface area contributed by atoms with Crippen molar-refractivity contribution in [1.82, 2.24) is 9.55 Å². The first-order valence-corrected chi connectivity index (χ1v) is 6.62. The number of aromatic nitrogens is 2. The zero-order valence-corrected chi connectivity index (χ0v) is 11.6. The fraction of sp³-hybridized carbons (Fsp3) is 0.583. The van der Waals surface area contributed by atoms with Crippen molar-refractivity contribution in [2.24, 2.45) is 5.73 Å². The van der Waals surface area contributed by atoms with Crippen LogP contribution in [0.25, 0.3) is 0 Å². The molecule has 1 fully saturated rings. The minimum Gasteiger partial charge on any atom is -0.456 e. The highest BCUT2D eigenvalue weighted by molar-refractivity contribution is 5.69. The van der Waals surface area contributed by atoms with Gasteiger partial charge in [-0.25, -0.2) is 9.18 Å². The van der Waals surface area contributed by atoms with E-state index in [-0.39, 0.29) is 18.8 Å². The minimum absolute atomic E-state index is 0.0145. The molecule has 1 aliphatic heterocycles. The summed E-state index contributed by atoms with van der Waals surface area (Å²) in [6.45, 7) is -0.521. The highest BCUT2D eigenvalue weighted by Crippen LogP contribution is 2.33. The number of esters is 1. The molecule has 2 unspecified atom stereocenters. The Morgan fingerprint density at radius 3 is 2.91 bits per heavy atom. The molecule has 0 aliphatic carbocycles. The van der Waals surface area contributed by atoms with E-state index in [1.54, 1.807) is 0 Å². The molecule has 1 saturated heterocycles. The van der Waals surface area contributed by atoms with Crippen LogP contribution in [0.3, 0.4) is 0 Å². The molecule has 22 heavy (non-hydrogen) atoms. The predicted octanol–water partition coefficient (Wildman–Crippen LogP) is -1.69. The molecule has 2 heterocycles. The Morgan fingerprint density at radius 1 is 1.59 bits per heavy atom. The largest absolute Gasteiger partial charge is 0.456 e. The van der Waals surface area contributed by atoms with E-state index in [0.717, 1.165) is 4.57 Å². The number of aliphatic hydroxyl groups is 1. The van der Waals surface area contributed by atoms with E-state index < -0.39 is 42.9 Å². The first kappa shape index (κ1) is 16.3. The number of nitrogens with zero attached hydrogens (tertiary/aromatic N) is 2. The van der Waals surface area contributed by atoms with Gasteiger partial charge in [-0.05, 0) is 6.07 Å². The molecule has 2 rings (SSSR count). The number of rotatable bonds is 5. The van der Waals surface area contributed by atoms with Crippen molar-refractivity contribution < 1.29 is 23.8 Å². The summed E-state index contributed by atoms with van der Waals surface area (Å²) in [5.41, 5.74) is 9.77. The highest BCUT2D eigenvalue weighted by Gasteiger charge is 2.48. The lowest BCUT2D eigenvalue weighted by Crippen LogP contribution is -2.37. The summed E-state index contributed by atoms with van der Waals surface area (Å²) in [6, 6.07) is 1.30. The number of anilines is 1. The molecule has 10 heteroatoms. The summed E-state index contributed by atoms with van der Waals surface area (Å²) in [5.74, 6) is -0.722. The third-order valence-electron chi connectivity index (χ3n) is 3.19. The highest BCUT2D eigenvalue weighted by atomic mass is 19.1. The predicted molar refractivity (Wildman–Crippen MR) is 72.4 cm³/mol. The first-order valence-electron chi connectivity index (χ1n) is 6.62. The van der Waals surface area contributed by atoms with Crippen molar-refractivity contribution in [3.63, 3.8) is 0 Å². The third-order valence-corrected chi connectivity index (χ3v) is 3.19. The fourth-order valence-electron chi connectivity index (χ4n) is 2.15. The zero-order valence-electron chi connectivity index (χ0n) is 11.6. The lowest BCUT2D eigenvalue weighted by atomic mass is 10.1. The van der Waals surface area contributed by atoms with Gasteiger partial charge in [-0.15, -0.1) is 0 Å². The zero-order chi connectivity index (χ0) is 16.3. The molecular formula is C12H17FN4O5. The number of alkyl halides is 1. The fourth-order valence-corrected chi connectivity index (χ4v) is 2.15. The van der Waals surface area contributed by atoms with Crippen LogP contribution in [0.4, 0.5) is 10.2 Å². The van der Waals surface area contributed by atoms with Crippen molar-refractivity contribution in [2.45, 2.75) is 31.0 Å². The van der Waals surface area contributed by atoms with E-state index in [2.05, 4.69) is 4.98 Å². The SMILES string of the molecule is NCCC(=O)OC1C(F)[C@H](n2ccc(N)nc2=O)O[C@@H]1CO. The Hall–Kier alpha value is -2.04. The molecule has 0 amide bonds. The Kier molecular flexibility index (Phi) is 5.06. The maximum Gasteiger partial charge on any atom is 0.351 e.